The molecule has 1 atom stereocenters. The Morgan fingerprint density at radius 1 is 1.35 bits per heavy atom. The zero-order chi connectivity index (χ0) is 12.1. The van der Waals surface area contributed by atoms with Gasteiger partial charge in [0.15, 0.2) is 0 Å². The third-order valence-corrected chi connectivity index (χ3v) is 2.92. The van der Waals surface area contributed by atoms with Gasteiger partial charge in [0.05, 0.1) is 6.10 Å². The summed E-state index contributed by atoms with van der Waals surface area (Å²) in [6.07, 6.45) is 2.62. The van der Waals surface area contributed by atoms with Gasteiger partial charge in [0.1, 0.15) is 0 Å². The summed E-state index contributed by atoms with van der Waals surface area (Å²) in [6, 6.07) is 9.07. The SMILES string of the molecule is O=C(NCCC(O)C1CC1)Nc1ccccc1. The lowest BCUT2D eigenvalue weighted by Crippen LogP contribution is -2.31. The van der Waals surface area contributed by atoms with Gasteiger partial charge in [0.25, 0.3) is 0 Å². The Labute approximate surface area is 101 Å². The predicted octanol–water partition coefficient (Wildman–Crippen LogP) is 1.97. The summed E-state index contributed by atoms with van der Waals surface area (Å²) in [5, 5.41) is 15.1. The number of nitrogens with one attached hydrogen (secondary N) is 2. The number of aliphatic hydroxyl groups is 1. The number of rotatable bonds is 5. The first-order chi connectivity index (χ1) is 8.25. The monoisotopic (exact) mass is 234 g/mol. The Morgan fingerprint density at radius 2 is 2.06 bits per heavy atom. The van der Waals surface area contributed by atoms with E-state index in [1.165, 1.54) is 0 Å². The Balaban J connectivity index is 1.64. The number of hydrogen-bond donors (Lipinski definition) is 3. The van der Waals surface area contributed by atoms with Crippen molar-refractivity contribution in [2.75, 3.05) is 11.9 Å². The molecule has 0 aromatic heterocycles. The highest BCUT2D eigenvalue weighted by atomic mass is 16.3. The van der Waals surface area contributed by atoms with Crippen LogP contribution in [0, 0.1) is 5.92 Å². The second kappa shape index (κ2) is 5.68. The van der Waals surface area contributed by atoms with Crippen molar-refractivity contribution in [3.8, 4) is 0 Å². The molecule has 4 nitrogen and oxygen atoms in total. The van der Waals surface area contributed by atoms with E-state index < -0.39 is 0 Å². The highest BCUT2D eigenvalue weighted by Crippen LogP contribution is 2.33. The number of benzene rings is 1. The zero-order valence-corrected chi connectivity index (χ0v) is 9.73. The first-order valence-electron chi connectivity index (χ1n) is 6.03. The van der Waals surface area contributed by atoms with Crippen LogP contribution in [0.2, 0.25) is 0 Å². The molecule has 1 aliphatic rings. The van der Waals surface area contributed by atoms with E-state index >= 15 is 0 Å². The van der Waals surface area contributed by atoms with Crippen LogP contribution in [0.4, 0.5) is 10.5 Å². The number of hydrogen-bond acceptors (Lipinski definition) is 2. The van der Waals surface area contributed by atoms with E-state index in [1.807, 2.05) is 30.3 Å². The van der Waals surface area contributed by atoms with Crippen molar-refractivity contribution in [2.45, 2.75) is 25.4 Å². The maximum absolute atomic E-state index is 11.5. The van der Waals surface area contributed by atoms with Crippen molar-refractivity contribution in [3.05, 3.63) is 30.3 Å². The van der Waals surface area contributed by atoms with Gasteiger partial charge in [-0.1, -0.05) is 18.2 Å². The minimum atomic E-state index is -0.257. The topological polar surface area (TPSA) is 61.4 Å². The Morgan fingerprint density at radius 3 is 2.71 bits per heavy atom. The summed E-state index contributed by atoms with van der Waals surface area (Å²) < 4.78 is 0. The van der Waals surface area contributed by atoms with E-state index in [-0.39, 0.29) is 12.1 Å². The van der Waals surface area contributed by atoms with Crippen LogP contribution in [-0.4, -0.2) is 23.8 Å². The summed E-state index contributed by atoms with van der Waals surface area (Å²) >= 11 is 0. The molecule has 1 fully saturated rings. The molecule has 17 heavy (non-hydrogen) atoms. The largest absolute Gasteiger partial charge is 0.393 e. The molecule has 2 amide bonds. The lowest BCUT2D eigenvalue weighted by atomic mass is 10.2. The number of urea groups is 1. The molecular formula is C13H18N2O2. The molecule has 0 spiro atoms. The summed E-state index contributed by atoms with van der Waals surface area (Å²) in [5.74, 6) is 0.467. The number of amides is 2. The van der Waals surface area contributed by atoms with E-state index in [0.717, 1.165) is 18.5 Å². The average Bonchev–Trinajstić information content (AvgIpc) is 3.14. The molecular weight excluding hydrogens is 216 g/mol. The number of aliphatic hydroxyl groups excluding tert-OH is 1. The van der Waals surface area contributed by atoms with Crippen LogP contribution in [0.3, 0.4) is 0 Å². The standard InChI is InChI=1S/C13H18N2O2/c16-12(10-6-7-10)8-9-14-13(17)15-11-4-2-1-3-5-11/h1-5,10,12,16H,6-9H2,(H2,14,15,17). The number of carbonyl (C=O) groups excluding carboxylic acids is 1. The molecule has 0 heterocycles. The number of anilines is 1. The molecule has 1 aromatic carbocycles. The average molecular weight is 234 g/mol. The smallest absolute Gasteiger partial charge is 0.319 e. The van der Waals surface area contributed by atoms with E-state index in [4.69, 9.17) is 0 Å². The van der Waals surface area contributed by atoms with E-state index in [9.17, 15) is 9.90 Å². The van der Waals surface area contributed by atoms with E-state index in [0.29, 0.717) is 18.9 Å². The van der Waals surface area contributed by atoms with Gasteiger partial charge in [-0.15, -0.1) is 0 Å². The van der Waals surface area contributed by atoms with E-state index in [2.05, 4.69) is 10.6 Å². The molecule has 0 aliphatic heterocycles. The number of para-hydroxylation sites is 1. The van der Waals surface area contributed by atoms with Gasteiger partial charge in [0.2, 0.25) is 0 Å². The zero-order valence-electron chi connectivity index (χ0n) is 9.73. The molecule has 0 saturated heterocycles. The third kappa shape index (κ3) is 4.07. The minimum absolute atomic E-state index is 0.223. The molecule has 3 N–H and O–H groups in total. The second-order valence-electron chi connectivity index (χ2n) is 4.44. The van der Waals surface area contributed by atoms with Crippen LogP contribution in [0.1, 0.15) is 19.3 Å². The fourth-order valence-corrected chi connectivity index (χ4v) is 1.75. The lowest BCUT2D eigenvalue weighted by molar-refractivity contribution is 0.142. The lowest BCUT2D eigenvalue weighted by Gasteiger charge is -2.10. The quantitative estimate of drug-likeness (QED) is 0.729. The Bertz CT molecular complexity index is 363. The van der Waals surface area contributed by atoms with Crippen LogP contribution < -0.4 is 10.6 Å². The van der Waals surface area contributed by atoms with Gasteiger partial charge >= 0.3 is 6.03 Å². The first kappa shape index (κ1) is 11.9. The molecule has 0 bridgehead atoms. The van der Waals surface area contributed by atoms with Crippen LogP contribution in [0.5, 0.6) is 0 Å². The van der Waals surface area contributed by atoms with Gasteiger partial charge in [-0.3, -0.25) is 0 Å². The maximum atomic E-state index is 11.5. The summed E-state index contributed by atoms with van der Waals surface area (Å²) in [5.41, 5.74) is 0.771. The highest BCUT2D eigenvalue weighted by molar-refractivity contribution is 5.89. The molecule has 1 unspecified atom stereocenters. The minimum Gasteiger partial charge on any atom is -0.393 e. The summed E-state index contributed by atoms with van der Waals surface area (Å²) in [4.78, 5) is 11.5. The first-order valence-corrected chi connectivity index (χ1v) is 6.03. The fourth-order valence-electron chi connectivity index (χ4n) is 1.75. The van der Waals surface area contributed by atoms with Crippen molar-refractivity contribution in [1.29, 1.82) is 0 Å². The van der Waals surface area contributed by atoms with Crippen LogP contribution in [-0.2, 0) is 0 Å². The van der Waals surface area contributed by atoms with Crippen LogP contribution in [0.15, 0.2) is 30.3 Å². The van der Waals surface area contributed by atoms with Crippen LogP contribution in [0.25, 0.3) is 0 Å². The predicted molar refractivity (Wildman–Crippen MR) is 66.8 cm³/mol. The van der Waals surface area contributed by atoms with Gasteiger partial charge in [-0.25, -0.2) is 4.79 Å². The normalized spacial score (nSPS) is 16.3. The maximum Gasteiger partial charge on any atom is 0.319 e. The molecule has 2 rings (SSSR count). The van der Waals surface area contributed by atoms with Crippen molar-refractivity contribution in [1.82, 2.24) is 5.32 Å². The molecule has 92 valence electrons. The van der Waals surface area contributed by atoms with Crippen molar-refractivity contribution < 1.29 is 9.90 Å². The molecule has 1 saturated carbocycles. The van der Waals surface area contributed by atoms with Crippen LogP contribution >= 0.6 is 0 Å². The Hall–Kier alpha value is -1.55. The molecule has 4 heteroatoms. The van der Waals surface area contributed by atoms with Gasteiger partial charge in [-0.2, -0.15) is 0 Å². The second-order valence-corrected chi connectivity index (χ2v) is 4.44. The Kier molecular flexibility index (Phi) is 3.98. The van der Waals surface area contributed by atoms with Crippen molar-refractivity contribution in [3.63, 3.8) is 0 Å². The van der Waals surface area contributed by atoms with Gasteiger partial charge < -0.3 is 15.7 Å². The van der Waals surface area contributed by atoms with Crippen molar-refractivity contribution in [2.24, 2.45) is 5.92 Å². The highest BCUT2D eigenvalue weighted by Gasteiger charge is 2.29. The van der Waals surface area contributed by atoms with Crippen molar-refractivity contribution >= 4 is 11.7 Å². The van der Waals surface area contributed by atoms with Gasteiger partial charge in [-0.05, 0) is 37.3 Å². The third-order valence-electron chi connectivity index (χ3n) is 2.92. The van der Waals surface area contributed by atoms with Gasteiger partial charge in [0, 0.05) is 12.2 Å². The van der Waals surface area contributed by atoms with E-state index in [1.54, 1.807) is 0 Å². The molecule has 0 radical (unpaired) electrons. The fraction of sp³-hybridized carbons (Fsp3) is 0.462. The number of carbonyl (C=O) groups is 1. The molecule has 1 aromatic rings. The molecule has 1 aliphatic carbocycles. The summed E-state index contributed by atoms with van der Waals surface area (Å²) in [7, 11) is 0. The summed E-state index contributed by atoms with van der Waals surface area (Å²) in [6.45, 7) is 0.510.